The Kier molecular flexibility index (Phi) is 6.08. The molecule has 3 aromatic rings. The van der Waals surface area contributed by atoms with Crippen molar-refractivity contribution in [2.24, 2.45) is 0 Å². The molecule has 1 heterocycles. The van der Waals surface area contributed by atoms with E-state index in [0.29, 0.717) is 24.5 Å². The highest BCUT2D eigenvalue weighted by atomic mass is 16.6. The van der Waals surface area contributed by atoms with Gasteiger partial charge in [0, 0.05) is 24.8 Å². The van der Waals surface area contributed by atoms with Gasteiger partial charge in [-0.15, -0.1) is 0 Å². The van der Waals surface area contributed by atoms with Crippen LogP contribution >= 0.6 is 0 Å². The largest absolute Gasteiger partial charge is 0.378 e. The van der Waals surface area contributed by atoms with Crippen LogP contribution in [0.3, 0.4) is 0 Å². The molecule has 9 nitrogen and oxygen atoms in total. The monoisotopic (exact) mass is 394 g/mol. The summed E-state index contributed by atoms with van der Waals surface area (Å²) in [6.07, 6.45) is 0. The highest BCUT2D eigenvalue weighted by Gasteiger charge is 2.12. The van der Waals surface area contributed by atoms with Crippen molar-refractivity contribution in [1.29, 1.82) is 0 Å². The molecule has 29 heavy (non-hydrogen) atoms. The van der Waals surface area contributed by atoms with Crippen LogP contribution in [-0.4, -0.2) is 33.8 Å². The summed E-state index contributed by atoms with van der Waals surface area (Å²) in [5.41, 5.74) is 3.66. The number of hydrogen-bond acceptors (Lipinski definition) is 5. The zero-order chi connectivity index (χ0) is 20.8. The summed E-state index contributed by atoms with van der Waals surface area (Å²) in [4.78, 5) is 22.9. The first kappa shape index (κ1) is 19.9. The van der Waals surface area contributed by atoms with Gasteiger partial charge in [0.15, 0.2) is 0 Å². The molecular weight excluding hydrogens is 372 g/mol. The summed E-state index contributed by atoms with van der Waals surface area (Å²) in [6, 6.07) is 15.4. The minimum absolute atomic E-state index is 0.00392. The number of nitro groups is 1. The number of aromatic nitrogens is 2. The first-order valence-corrected chi connectivity index (χ1v) is 9.10. The number of carbonyl (C=O) groups is 1. The lowest BCUT2D eigenvalue weighted by Crippen LogP contribution is -2.33. The van der Waals surface area contributed by atoms with Gasteiger partial charge in [-0.05, 0) is 38.1 Å². The lowest BCUT2D eigenvalue weighted by Gasteiger charge is -2.13. The smallest absolute Gasteiger partial charge is 0.319 e. The van der Waals surface area contributed by atoms with Crippen molar-refractivity contribution in [3.05, 3.63) is 76.1 Å². The standard InChI is InChI=1S/C20H22N6O3/c1-14-13-15(2)25(24-14)18-9-5-4-8-17(18)23-20(27)22-12-11-21-16-7-3-6-10-19(16)26(28)29/h3-10,13,21H,11-12H2,1-2H3,(H2,22,23,27). The number of nitrogens with one attached hydrogen (secondary N) is 3. The Balaban J connectivity index is 1.57. The molecule has 0 aliphatic heterocycles. The molecule has 0 fully saturated rings. The summed E-state index contributed by atoms with van der Waals surface area (Å²) in [7, 11) is 0. The van der Waals surface area contributed by atoms with Crippen LogP contribution in [0.4, 0.5) is 21.9 Å². The Morgan fingerprint density at radius 1 is 1.07 bits per heavy atom. The van der Waals surface area contributed by atoms with Crippen LogP contribution < -0.4 is 16.0 Å². The zero-order valence-corrected chi connectivity index (χ0v) is 16.2. The van der Waals surface area contributed by atoms with E-state index in [4.69, 9.17) is 0 Å². The SMILES string of the molecule is Cc1cc(C)n(-c2ccccc2NC(=O)NCCNc2ccccc2[N+](=O)[O-])n1. The summed E-state index contributed by atoms with van der Waals surface area (Å²) in [5.74, 6) is 0. The molecule has 0 aliphatic rings. The zero-order valence-electron chi connectivity index (χ0n) is 16.2. The maximum Gasteiger partial charge on any atom is 0.319 e. The van der Waals surface area contributed by atoms with Crippen LogP contribution in [-0.2, 0) is 0 Å². The summed E-state index contributed by atoms with van der Waals surface area (Å²) < 4.78 is 1.78. The number of anilines is 2. The average Bonchev–Trinajstić information content (AvgIpc) is 3.03. The number of nitro benzene ring substituents is 1. The van der Waals surface area contributed by atoms with Gasteiger partial charge < -0.3 is 16.0 Å². The Hall–Kier alpha value is -3.88. The van der Waals surface area contributed by atoms with Gasteiger partial charge in [-0.2, -0.15) is 5.10 Å². The third-order valence-corrected chi connectivity index (χ3v) is 4.22. The second-order valence-corrected chi connectivity index (χ2v) is 6.44. The molecule has 0 unspecified atom stereocenters. The van der Waals surface area contributed by atoms with Gasteiger partial charge in [0.2, 0.25) is 0 Å². The molecule has 9 heteroatoms. The molecule has 150 valence electrons. The highest BCUT2D eigenvalue weighted by Crippen LogP contribution is 2.23. The molecule has 3 rings (SSSR count). The number of hydrogen-bond donors (Lipinski definition) is 3. The third-order valence-electron chi connectivity index (χ3n) is 4.22. The quantitative estimate of drug-likeness (QED) is 0.322. The topological polar surface area (TPSA) is 114 Å². The van der Waals surface area contributed by atoms with Crippen LogP contribution in [0.15, 0.2) is 54.6 Å². The predicted molar refractivity (Wildman–Crippen MR) is 112 cm³/mol. The summed E-state index contributed by atoms with van der Waals surface area (Å²) in [6.45, 7) is 4.50. The first-order valence-electron chi connectivity index (χ1n) is 9.10. The van der Waals surface area contributed by atoms with Crippen LogP contribution in [0.25, 0.3) is 5.69 Å². The van der Waals surface area contributed by atoms with Crippen molar-refractivity contribution in [3.8, 4) is 5.69 Å². The fourth-order valence-electron chi connectivity index (χ4n) is 2.96. The van der Waals surface area contributed by atoms with Gasteiger partial charge in [0.05, 0.1) is 22.0 Å². The van der Waals surface area contributed by atoms with E-state index in [0.717, 1.165) is 17.1 Å². The van der Waals surface area contributed by atoms with Crippen molar-refractivity contribution in [2.45, 2.75) is 13.8 Å². The number of para-hydroxylation sites is 4. The molecule has 0 saturated carbocycles. The van der Waals surface area contributed by atoms with Gasteiger partial charge >= 0.3 is 6.03 Å². The number of urea groups is 1. The van der Waals surface area contributed by atoms with Crippen LogP contribution in [0.2, 0.25) is 0 Å². The van der Waals surface area contributed by atoms with Gasteiger partial charge in [-0.1, -0.05) is 24.3 Å². The van der Waals surface area contributed by atoms with Crippen LogP contribution in [0, 0.1) is 24.0 Å². The second kappa shape index (κ2) is 8.87. The van der Waals surface area contributed by atoms with E-state index in [1.807, 2.05) is 38.1 Å². The molecule has 2 aromatic carbocycles. The molecule has 2 amide bonds. The Labute approximate surface area is 167 Å². The number of benzene rings is 2. The second-order valence-electron chi connectivity index (χ2n) is 6.44. The highest BCUT2D eigenvalue weighted by molar-refractivity contribution is 5.91. The number of rotatable bonds is 7. The van der Waals surface area contributed by atoms with Crippen molar-refractivity contribution in [1.82, 2.24) is 15.1 Å². The molecule has 3 N–H and O–H groups in total. The molecule has 0 saturated heterocycles. The summed E-state index contributed by atoms with van der Waals surface area (Å²) in [5, 5.41) is 24.0. The van der Waals surface area contributed by atoms with Crippen LogP contribution in [0.5, 0.6) is 0 Å². The van der Waals surface area contributed by atoms with Crippen molar-refractivity contribution < 1.29 is 9.72 Å². The van der Waals surface area contributed by atoms with Crippen molar-refractivity contribution >= 4 is 23.1 Å². The molecular formula is C20H22N6O3. The minimum Gasteiger partial charge on any atom is -0.378 e. The number of amides is 2. The summed E-state index contributed by atoms with van der Waals surface area (Å²) >= 11 is 0. The third kappa shape index (κ3) is 4.89. The molecule has 0 bridgehead atoms. The Morgan fingerprint density at radius 2 is 1.76 bits per heavy atom. The minimum atomic E-state index is -0.446. The number of nitrogens with zero attached hydrogens (tertiary/aromatic N) is 3. The van der Waals surface area contributed by atoms with E-state index in [1.54, 1.807) is 28.9 Å². The number of aryl methyl sites for hydroxylation is 2. The molecule has 0 radical (unpaired) electrons. The Morgan fingerprint density at radius 3 is 2.45 bits per heavy atom. The van der Waals surface area contributed by atoms with Gasteiger partial charge in [0.1, 0.15) is 5.69 Å². The fourth-order valence-corrected chi connectivity index (χ4v) is 2.96. The maximum atomic E-state index is 12.3. The number of carbonyl (C=O) groups excluding carboxylic acids is 1. The average molecular weight is 394 g/mol. The lowest BCUT2D eigenvalue weighted by atomic mass is 10.2. The maximum absolute atomic E-state index is 12.3. The Bertz CT molecular complexity index is 1030. The fraction of sp³-hybridized carbons (Fsp3) is 0.200. The van der Waals surface area contributed by atoms with E-state index in [9.17, 15) is 14.9 Å². The molecule has 0 aliphatic carbocycles. The van der Waals surface area contributed by atoms with E-state index in [2.05, 4.69) is 21.0 Å². The molecule has 1 aromatic heterocycles. The first-order chi connectivity index (χ1) is 14.0. The predicted octanol–water partition coefficient (Wildman–Crippen LogP) is 3.63. The normalized spacial score (nSPS) is 10.4. The molecule has 0 atom stereocenters. The lowest BCUT2D eigenvalue weighted by molar-refractivity contribution is -0.384. The van der Waals surface area contributed by atoms with Crippen molar-refractivity contribution in [2.75, 3.05) is 23.7 Å². The van der Waals surface area contributed by atoms with E-state index >= 15 is 0 Å². The molecule has 0 spiro atoms. The van der Waals surface area contributed by atoms with Gasteiger partial charge in [-0.3, -0.25) is 10.1 Å². The van der Waals surface area contributed by atoms with E-state index < -0.39 is 4.92 Å². The van der Waals surface area contributed by atoms with E-state index in [1.165, 1.54) is 6.07 Å². The van der Waals surface area contributed by atoms with E-state index in [-0.39, 0.29) is 11.7 Å². The van der Waals surface area contributed by atoms with Gasteiger partial charge in [0.25, 0.3) is 5.69 Å². The van der Waals surface area contributed by atoms with Crippen molar-refractivity contribution in [3.63, 3.8) is 0 Å². The van der Waals surface area contributed by atoms with Crippen LogP contribution in [0.1, 0.15) is 11.4 Å². The van der Waals surface area contributed by atoms with Gasteiger partial charge in [-0.25, -0.2) is 9.48 Å².